The fourth-order valence-electron chi connectivity index (χ4n) is 1.64. The Kier molecular flexibility index (Phi) is 3.91. The van der Waals surface area contributed by atoms with Crippen molar-refractivity contribution >= 4 is 10.5 Å². The van der Waals surface area contributed by atoms with Crippen LogP contribution in [0.25, 0.3) is 0 Å². The molecule has 1 N–H and O–H groups in total. The lowest BCUT2D eigenvalue weighted by atomic mass is 10.0. The van der Waals surface area contributed by atoms with Gasteiger partial charge in [-0.15, -0.1) is 6.42 Å². The number of rotatable bonds is 3. The zero-order valence-corrected chi connectivity index (χ0v) is 8.50. The molecule has 3 nitrogen and oxygen atoms in total. The molecule has 0 heterocycles. The van der Waals surface area contributed by atoms with Crippen molar-refractivity contribution in [3.63, 3.8) is 0 Å². The highest BCUT2D eigenvalue weighted by Gasteiger charge is 2.26. The molecule has 0 aromatic rings. The first-order chi connectivity index (χ1) is 6.17. The SMILES string of the molecule is C#CCO[SH](=O)(O)C1CCCCC1. The van der Waals surface area contributed by atoms with Crippen molar-refractivity contribution in [2.24, 2.45) is 0 Å². The van der Waals surface area contributed by atoms with Crippen molar-refractivity contribution in [1.29, 1.82) is 0 Å². The standard InChI is InChI=1S/C9H16O3S/c1-2-8-12-13(10,11)9-6-4-3-5-7-9/h1,9,13H,3-8H2,(H,10,11). The highest BCUT2D eigenvalue weighted by Crippen LogP contribution is 2.27. The Hall–Kier alpha value is -0.370. The summed E-state index contributed by atoms with van der Waals surface area (Å²) in [6.45, 7) is -0.0652. The minimum Gasteiger partial charge on any atom is -0.309 e. The molecule has 0 radical (unpaired) electrons. The van der Waals surface area contributed by atoms with Crippen LogP contribution in [0.5, 0.6) is 0 Å². The van der Waals surface area contributed by atoms with Crippen LogP contribution in [-0.4, -0.2) is 20.6 Å². The Morgan fingerprint density at radius 3 is 2.62 bits per heavy atom. The molecule has 76 valence electrons. The predicted octanol–water partition coefficient (Wildman–Crippen LogP) is 1.37. The van der Waals surface area contributed by atoms with E-state index in [0.29, 0.717) is 0 Å². The summed E-state index contributed by atoms with van der Waals surface area (Å²) in [5.41, 5.74) is 0. The Bertz CT molecular complexity index is 238. The van der Waals surface area contributed by atoms with Gasteiger partial charge in [0.15, 0.2) is 0 Å². The van der Waals surface area contributed by atoms with Crippen molar-refractivity contribution in [2.75, 3.05) is 6.61 Å². The Labute approximate surface area is 80.3 Å². The Balaban J connectivity index is 2.47. The van der Waals surface area contributed by atoms with Crippen LogP contribution in [0.2, 0.25) is 0 Å². The van der Waals surface area contributed by atoms with Crippen LogP contribution < -0.4 is 0 Å². The van der Waals surface area contributed by atoms with E-state index < -0.39 is 10.5 Å². The molecule has 0 amide bonds. The van der Waals surface area contributed by atoms with E-state index in [9.17, 15) is 8.76 Å². The molecule has 0 aliphatic heterocycles. The molecule has 1 fully saturated rings. The topological polar surface area (TPSA) is 46.5 Å². The fourth-order valence-corrected chi connectivity index (χ4v) is 3.13. The molecule has 0 saturated heterocycles. The number of thiol groups is 1. The van der Waals surface area contributed by atoms with E-state index in [1.807, 2.05) is 0 Å². The molecule has 4 heteroatoms. The van der Waals surface area contributed by atoms with Gasteiger partial charge in [-0.1, -0.05) is 25.2 Å². The lowest BCUT2D eigenvalue weighted by Crippen LogP contribution is -2.32. The molecule has 0 aromatic carbocycles. The summed E-state index contributed by atoms with van der Waals surface area (Å²) in [6, 6.07) is 0. The van der Waals surface area contributed by atoms with Gasteiger partial charge in [0.25, 0.3) is 0 Å². The van der Waals surface area contributed by atoms with Gasteiger partial charge < -0.3 is 4.55 Å². The number of hydrogen-bond donors (Lipinski definition) is 2. The summed E-state index contributed by atoms with van der Waals surface area (Å²) in [5, 5.41) is -0.186. The molecule has 1 aliphatic carbocycles. The van der Waals surface area contributed by atoms with Crippen LogP contribution in [0, 0.1) is 12.3 Å². The summed E-state index contributed by atoms with van der Waals surface area (Å²) < 4.78 is 25.9. The third-order valence-electron chi connectivity index (χ3n) is 2.37. The molecule has 0 bridgehead atoms. The van der Waals surface area contributed by atoms with Crippen molar-refractivity contribution in [3.8, 4) is 12.3 Å². The lowest BCUT2D eigenvalue weighted by molar-refractivity contribution is 0.304. The average molecular weight is 204 g/mol. The van der Waals surface area contributed by atoms with E-state index in [4.69, 9.17) is 10.6 Å². The smallest absolute Gasteiger partial charge is 0.124 e. The highest BCUT2D eigenvalue weighted by atomic mass is 32.3. The first-order valence-corrected chi connectivity index (χ1v) is 6.22. The molecule has 0 atom stereocenters. The van der Waals surface area contributed by atoms with Crippen LogP contribution in [0.1, 0.15) is 32.1 Å². The van der Waals surface area contributed by atoms with Gasteiger partial charge in [0.1, 0.15) is 6.61 Å². The van der Waals surface area contributed by atoms with E-state index in [1.54, 1.807) is 0 Å². The Morgan fingerprint density at radius 1 is 1.46 bits per heavy atom. The van der Waals surface area contributed by atoms with Gasteiger partial charge in [0.2, 0.25) is 0 Å². The molecule has 1 rings (SSSR count). The van der Waals surface area contributed by atoms with E-state index in [1.165, 1.54) is 0 Å². The molecule has 1 saturated carbocycles. The van der Waals surface area contributed by atoms with E-state index in [2.05, 4.69) is 5.92 Å². The highest BCUT2D eigenvalue weighted by molar-refractivity contribution is 7.93. The summed E-state index contributed by atoms with van der Waals surface area (Å²) in [6.07, 6.45) is 9.74. The molecular weight excluding hydrogens is 188 g/mol. The van der Waals surface area contributed by atoms with E-state index in [-0.39, 0.29) is 11.9 Å². The normalized spacial score (nSPS) is 20.9. The Morgan fingerprint density at radius 2 is 2.08 bits per heavy atom. The quantitative estimate of drug-likeness (QED) is 0.539. The summed E-state index contributed by atoms with van der Waals surface area (Å²) >= 11 is 0. The van der Waals surface area contributed by atoms with Gasteiger partial charge >= 0.3 is 0 Å². The summed E-state index contributed by atoms with van der Waals surface area (Å²) in [4.78, 5) is 0. The monoisotopic (exact) mass is 204 g/mol. The fraction of sp³-hybridized carbons (Fsp3) is 0.778. The van der Waals surface area contributed by atoms with Gasteiger partial charge in [-0.2, -0.15) is 0 Å². The maximum atomic E-state index is 11.6. The second-order valence-corrected chi connectivity index (χ2v) is 5.45. The third kappa shape index (κ3) is 3.11. The van der Waals surface area contributed by atoms with Crippen LogP contribution in [0.3, 0.4) is 0 Å². The number of terminal acetylenes is 1. The first-order valence-electron chi connectivity index (χ1n) is 4.57. The van der Waals surface area contributed by atoms with E-state index in [0.717, 1.165) is 32.1 Å². The maximum Gasteiger partial charge on any atom is 0.124 e. The van der Waals surface area contributed by atoms with Gasteiger partial charge in [-0.05, 0) is 12.8 Å². The molecular formula is C9H16O3S. The first kappa shape index (κ1) is 10.7. The van der Waals surface area contributed by atoms with Gasteiger partial charge in [0, 0.05) is 0 Å². The largest absolute Gasteiger partial charge is 0.309 e. The average Bonchev–Trinajstić information content (AvgIpc) is 2.16. The van der Waals surface area contributed by atoms with Crippen molar-refractivity contribution in [1.82, 2.24) is 0 Å². The van der Waals surface area contributed by atoms with Gasteiger partial charge in [-0.3, -0.25) is 4.18 Å². The zero-order chi connectivity index (χ0) is 9.73. The van der Waals surface area contributed by atoms with Crippen LogP contribution in [0.4, 0.5) is 0 Å². The second-order valence-electron chi connectivity index (χ2n) is 3.33. The lowest BCUT2D eigenvalue weighted by Gasteiger charge is -2.30. The summed E-state index contributed by atoms with van der Waals surface area (Å²) in [5.74, 6) is 2.21. The minimum atomic E-state index is -3.43. The molecule has 0 aromatic heterocycles. The molecule has 0 unspecified atom stereocenters. The third-order valence-corrected chi connectivity index (χ3v) is 4.31. The van der Waals surface area contributed by atoms with E-state index >= 15 is 0 Å². The van der Waals surface area contributed by atoms with Crippen molar-refractivity contribution in [2.45, 2.75) is 37.4 Å². The van der Waals surface area contributed by atoms with Crippen LogP contribution in [-0.2, 0) is 14.7 Å². The molecule has 0 spiro atoms. The van der Waals surface area contributed by atoms with Gasteiger partial charge in [-0.25, -0.2) is 4.21 Å². The van der Waals surface area contributed by atoms with Crippen molar-refractivity contribution in [3.05, 3.63) is 0 Å². The van der Waals surface area contributed by atoms with Crippen LogP contribution in [0.15, 0.2) is 0 Å². The van der Waals surface area contributed by atoms with Crippen molar-refractivity contribution < 1.29 is 12.9 Å². The molecule has 1 aliphatic rings. The maximum absolute atomic E-state index is 11.6. The number of hydrogen-bond acceptors (Lipinski definition) is 2. The summed E-state index contributed by atoms with van der Waals surface area (Å²) in [7, 11) is -3.43. The zero-order valence-electron chi connectivity index (χ0n) is 7.61. The van der Waals surface area contributed by atoms with Crippen LogP contribution >= 0.6 is 0 Å². The molecule has 13 heavy (non-hydrogen) atoms. The predicted molar refractivity (Wildman–Crippen MR) is 53.8 cm³/mol. The van der Waals surface area contributed by atoms with Gasteiger partial charge in [0.05, 0.1) is 15.7 Å². The second kappa shape index (κ2) is 4.75. The minimum absolute atomic E-state index is 0.0652.